The lowest BCUT2D eigenvalue weighted by Gasteiger charge is -2.38. The molecule has 0 amide bonds. The van der Waals surface area contributed by atoms with Crippen LogP contribution in [0.2, 0.25) is 0 Å². The number of nitrogens with one attached hydrogen (secondary N) is 1. The van der Waals surface area contributed by atoms with Crippen LogP contribution in [-0.2, 0) is 4.79 Å². The second kappa shape index (κ2) is 6.11. The van der Waals surface area contributed by atoms with Crippen molar-refractivity contribution in [2.75, 3.05) is 5.32 Å². The number of nitro benzene ring substituents is 1. The van der Waals surface area contributed by atoms with Crippen molar-refractivity contribution in [3.8, 4) is 0 Å². The predicted octanol–water partition coefficient (Wildman–Crippen LogP) is 3.49. The Labute approximate surface area is 123 Å². The molecule has 1 aromatic rings. The first-order chi connectivity index (χ1) is 9.92. The van der Waals surface area contributed by atoms with Crippen LogP contribution >= 0.6 is 0 Å². The molecule has 6 nitrogen and oxygen atoms in total. The number of nitrogens with zero attached hydrogens (tertiary/aromatic N) is 1. The number of aliphatic carboxylic acids is 1. The summed E-state index contributed by atoms with van der Waals surface area (Å²) in [5, 5.41) is 23.3. The van der Waals surface area contributed by atoms with Crippen molar-refractivity contribution >= 4 is 17.3 Å². The van der Waals surface area contributed by atoms with Crippen molar-refractivity contribution in [3.05, 3.63) is 33.9 Å². The summed E-state index contributed by atoms with van der Waals surface area (Å²) in [5.74, 6) is -0.817. The van der Waals surface area contributed by atoms with Gasteiger partial charge in [-0.1, -0.05) is 19.3 Å². The topological polar surface area (TPSA) is 92.5 Å². The van der Waals surface area contributed by atoms with E-state index in [4.69, 9.17) is 5.11 Å². The van der Waals surface area contributed by atoms with Crippen LogP contribution in [0, 0.1) is 17.0 Å². The Bertz CT molecular complexity index is 551. The van der Waals surface area contributed by atoms with Crippen molar-refractivity contribution < 1.29 is 14.8 Å². The highest BCUT2D eigenvalue weighted by molar-refractivity contribution is 5.70. The average Bonchev–Trinajstić information content (AvgIpc) is 2.38. The van der Waals surface area contributed by atoms with E-state index >= 15 is 0 Å². The maximum absolute atomic E-state index is 11.1. The number of benzene rings is 1. The molecular weight excluding hydrogens is 272 g/mol. The van der Waals surface area contributed by atoms with Crippen molar-refractivity contribution in [1.29, 1.82) is 0 Å². The molecule has 0 bridgehead atoms. The molecule has 2 rings (SSSR count). The molecule has 0 radical (unpaired) electrons. The summed E-state index contributed by atoms with van der Waals surface area (Å²) in [6.45, 7) is 1.69. The van der Waals surface area contributed by atoms with Crippen LogP contribution < -0.4 is 5.32 Å². The number of aryl methyl sites for hydroxylation is 1. The van der Waals surface area contributed by atoms with E-state index in [1.54, 1.807) is 19.1 Å². The summed E-state index contributed by atoms with van der Waals surface area (Å²) >= 11 is 0. The second-order valence-corrected chi connectivity index (χ2v) is 5.79. The van der Waals surface area contributed by atoms with E-state index in [0.717, 1.165) is 37.8 Å². The third-order valence-corrected chi connectivity index (χ3v) is 4.10. The van der Waals surface area contributed by atoms with E-state index in [2.05, 4.69) is 5.32 Å². The van der Waals surface area contributed by atoms with Crippen LogP contribution in [-0.4, -0.2) is 21.5 Å². The van der Waals surface area contributed by atoms with Crippen LogP contribution in [0.5, 0.6) is 0 Å². The third-order valence-electron chi connectivity index (χ3n) is 4.10. The molecule has 1 saturated carbocycles. The summed E-state index contributed by atoms with van der Waals surface area (Å²) in [6.07, 6.45) is 4.84. The van der Waals surface area contributed by atoms with Gasteiger partial charge in [-0.05, 0) is 31.9 Å². The summed E-state index contributed by atoms with van der Waals surface area (Å²) in [5.41, 5.74) is 0.969. The van der Waals surface area contributed by atoms with Gasteiger partial charge in [0.1, 0.15) is 0 Å². The predicted molar refractivity (Wildman–Crippen MR) is 79.5 cm³/mol. The van der Waals surface area contributed by atoms with Gasteiger partial charge in [-0.15, -0.1) is 0 Å². The zero-order valence-corrected chi connectivity index (χ0v) is 12.1. The highest BCUT2D eigenvalue weighted by Crippen LogP contribution is 2.35. The molecule has 0 atom stereocenters. The SMILES string of the molecule is Cc1cc(NC2(CC(=O)O)CCCCC2)ccc1[N+](=O)[O-]. The molecule has 1 aliphatic rings. The van der Waals surface area contributed by atoms with Crippen molar-refractivity contribution in [3.63, 3.8) is 0 Å². The number of rotatable bonds is 5. The first-order valence-corrected chi connectivity index (χ1v) is 7.17. The van der Waals surface area contributed by atoms with Crippen LogP contribution in [0.4, 0.5) is 11.4 Å². The van der Waals surface area contributed by atoms with Crippen LogP contribution in [0.15, 0.2) is 18.2 Å². The highest BCUT2D eigenvalue weighted by atomic mass is 16.6. The molecule has 0 aromatic heterocycles. The van der Waals surface area contributed by atoms with Crippen LogP contribution in [0.25, 0.3) is 0 Å². The lowest BCUT2D eigenvalue weighted by atomic mass is 9.79. The zero-order valence-electron chi connectivity index (χ0n) is 12.1. The number of hydrogen-bond acceptors (Lipinski definition) is 4. The fourth-order valence-electron chi connectivity index (χ4n) is 3.11. The molecule has 1 fully saturated rings. The fraction of sp³-hybridized carbons (Fsp3) is 0.533. The Kier molecular flexibility index (Phi) is 4.45. The minimum Gasteiger partial charge on any atom is -0.481 e. The Balaban J connectivity index is 2.22. The third kappa shape index (κ3) is 3.71. The van der Waals surface area contributed by atoms with Gasteiger partial charge in [-0.3, -0.25) is 14.9 Å². The zero-order chi connectivity index (χ0) is 15.5. The largest absolute Gasteiger partial charge is 0.481 e. The molecular formula is C15H20N2O4. The number of hydrogen-bond donors (Lipinski definition) is 2. The van der Waals surface area contributed by atoms with E-state index < -0.39 is 16.4 Å². The molecule has 1 aliphatic carbocycles. The fourth-order valence-corrected chi connectivity index (χ4v) is 3.11. The number of anilines is 1. The Hall–Kier alpha value is -2.11. The molecule has 0 unspecified atom stereocenters. The average molecular weight is 292 g/mol. The van der Waals surface area contributed by atoms with Gasteiger partial charge in [-0.2, -0.15) is 0 Å². The first-order valence-electron chi connectivity index (χ1n) is 7.17. The first kappa shape index (κ1) is 15.3. The van der Waals surface area contributed by atoms with Crippen molar-refractivity contribution in [2.24, 2.45) is 0 Å². The van der Waals surface area contributed by atoms with E-state index in [1.165, 1.54) is 6.07 Å². The summed E-state index contributed by atoms with van der Waals surface area (Å²) < 4.78 is 0. The lowest BCUT2D eigenvalue weighted by Crippen LogP contribution is -2.42. The molecule has 1 aromatic carbocycles. The minimum absolute atomic E-state index is 0.0725. The monoisotopic (exact) mass is 292 g/mol. The van der Waals surface area contributed by atoms with E-state index in [9.17, 15) is 14.9 Å². The Morgan fingerprint density at radius 1 is 1.38 bits per heavy atom. The molecule has 0 heterocycles. The molecule has 21 heavy (non-hydrogen) atoms. The smallest absolute Gasteiger partial charge is 0.305 e. The molecule has 114 valence electrons. The van der Waals surface area contributed by atoms with Gasteiger partial charge >= 0.3 is 5.97 Å². The van der Waals surface area contributed by atoms with Gasteiger partial charge < -0.3 is 10.4 Å². The maximum Gasteiger partial charge on any atom is 0.305 e. The maximum atomic E-state index is 11.1. The summed E-state index contributed by atoms with van der Waals surface area (Å²) in [7, 11) is 0. The van der Waals surface area contributed by atoms with Gasteiger partial charge in [0.2, 0.25) is 0 Å². The molecule has 0 saturated heterocycles. The Morgan fingerprint density at radius 3 is 2.57 bits per heavy atom. The minimum atomic E-state index is -0.817. The van der Waals surface area contributed by atoms with Crippen LogP contribution in [0.1, 0.15) is 44.1 Å². The number of carbonyl (C=O) groups is 1. The quantitative estimate of drug-likeness (QED) is 0.640. The Morgan fingerprint density at radius 2 is 2.05 bits per heavy atom. The lowest BCUT2D eigenvalue weighted by molar-refractivity contribution is -0.385. The highest BCUT2D eigenvalue weighted by Gasteiger charge is 2.34. The standard InChI is InChI=1S/C15H20N2O4/c1-11-9-12(5-6-13(11)17(20)21)16-15(10-14(18)19)7-3-2-4-8-15/h5-6,9,16H,2-4,7-8,10H2,1H3,(H,18,19). The molecule has 6 heteroatoms. The van der Waals surface area contributed by atoms with E-state index in [-0.39, 0.29) is 12.1 Å². The van der Waals surface area contributed by atoms with E-state index in [0.29, 0.717) is 5.56 Å². The van der Waals surface area contributed by atoms with E-state index in [1.807, 2.05) is 0 Å². The van der Waals surface area contributed by atoms with Crippen molar-refractivity contribution in [1.82, 2.24) is 0 Å². The summed E-state index contributed by atoms with van der Waals surface area (Å²) in [4.78, 5) is 21.6. The number of carboxylic acid groups (broad SMARTS) is 1. The summed E-state index contributed by atoms with van der Waals surface area (Å²) in [6, 6.07) is 4.84. The molecule has 2 N–H and O–H groups in total. The van der Waals surface area contributed by atoms with Gasteiger partial charge in [0.05, 0.1) is 11.3 Å². The van der Waals surface area contributed by atoms with Gasteiger partial charge in [0.15, 0.2) is 0 Å². The van der Waals surface area contributed by atoms with Crippen LogP contribution in [0.3, 0.4) is 0 Å². The number of nitro groups is 1. The molecule has 0 spiro atoms. The second-order valence-electron chi connectivity index (χ2n) is 5.79. The van der Waals surface area contributed by atoms with Gasteiger partial charge in [0.25, 0.3) is 5.69 Å². The van der Waals surface area contributed by atoms with Gasteiger partial charge in [0, 0.05) is 22.9 Å². The molecule has 0 aliphatic heterocycles. The van der Waals surface area contributed by atoms with Gasteiger partial charge in [-0.25, -0.2) is 0 Å². The van der Waals surface area contributed by atoms with Crippen molar-refractivity contribution in [2.45, 2.75) is 51.0 Å². The normalized spacial score (nSPS) is 17.2. The number of carboxylic acids is 1.